The topological polar surface area (TPSA) is 38.3 Å². The predicted molar refractivity (Wildman–Crippen MR) is 75.3 cm³/mol. The van der Waals surface area contributed by atoms with Crippen LogP contribution < -0.4 is 10.1 Å². The highest BCUT2D eigenvalue weighted by atomic mass is 19.1. The second kappa shape index (κ2) is 6.19. The Morgan fingerprint density at radius 2 is 1.90 bits per heavy atom. The molecule has 0 aliphatic rings. The zero-order valence-electron chi connectivity index (χ0n) is 11.4. The normalized spacial score (nSPS) is 11.8. The van der Waals surface area contributed by atoms with Crippen molar-refractivity contribution in [3.8, 4) is 5.75 Å². The molecule has 0 aliphatic carbocycles. The lowest BCUT2D eigenvalue weighted by molar-refractivity contribution is 0.0940. The van der Waals surface area contributed by atoms with Gasteiger partial charge in [-0.25, -0.2) is 4.39 Å². The minimum atomic E-state index is -0.419. The Bertz CT molecular complexity index is 599. The van der Waals surface area contributed by atoms with Crippen molar-refractivity contribution in [1.29, 1.82) is 0 Å². The molecule has 0 aliphatic heterocycles. The molecule has 0 saturated heterocycles. The van der Waals surface area contributed by atoms with Crippen LogP contribution in [0.3, 0.4) is 0 Å². The molecule has 2 rings (SSSR count). The van der Waals surface area contributed by atoms with E-state index in [1.807, 2.05) is 13.0 Å². The standard InChI is InChI=1S/C16H16FNO2/c1-11(13-8-9-14(17)15(10-13)20-2)18-16(19)12-6-4-3-5-7-12/h3-11H,1-2H3,(H,18,19). The van der Waals surface area contributed by atoms with Crippen molar-refractivity contribution in [2.24, 2.45) is 0 Å². The molecular formula is C16H16FNO2. The summed E-state index contributed by atoms with van der Waals surface area (Å²) in [5.41, 5.74) is 1.38. The van der Waals surface area contributed by atoms with Crippen LogP contribution >= 0.6 is 0 Å². The summed E-state index contributed by atoms with van der Waals surface area (Å²) in [7, 11) is 1.41. The summed E-state index contributed by atoms with van der Waals surface area (Å²) >= 11 is 0. The lowest BCUT2D eigenvalue weighted by atomic mass is 10.1. The predicted octanol–water partition coefficient (Wildman–Crippen LogP) is 3.33. The maximum absolute atomic E-state index is 13.3. The highest BCUT2D eigenvalue weighted by Crippen LogP contribution is 2.22. The van der Waals surface area contributed by atoms with E-state index in [2.05, 4.69) is 5.32 Å². The Labute approximate surface area is 117 Å². The van der Waals surface area contributed by atoms with Gasteiger partial charge < -0.3 is 10.1 Å². The number of carbonyl (C=O) groups is 1. The minimum Gasteiger partial charge on any atom is -0.494 e. The highest BCUT2D eigenvalue weighted by Gasteiger charge is 2.13. The second-order valence-electron chi connectivity index (χ2n) is 4.46. The van der Waals surface area contributed by atoms with Crippen LogP contribution in [0.4, 0.5) is 4.39 Å². The summed E-state index contributed by atoms with van der Waals surface area (Å²) < 4.78 is 18.3. The second-order valence-corrected chi connectivity index (χ2v) is 4.46. The van der Waals surface area contributed by atoms with Gasteiger partial charge in [-0.2, -0.15) is 0 Å². The molecule has 1 N–H and O–H groups in total. The molecule has 0 spiro atoms. The Morgan fingerprint density at radius 1 is 1.20 bits per heavy atom. The Kier molecular flexibility index (Phi) is 4.35. The van der Waals surface area contributed by atoms with Crippen LogP contribution in [0.1, 0.15) is 28.9 Å². The molecule has 3 nitrogen and oxygen atoms in total. The van der Waals surface area contributed by atoms with Gasteiger partial charge in [0, 0.05) is 5.56 Å². The third-order valence-corrected chi connectivity index (χ3v) is 3.06. The summed E-state index contributed by atoms with van der Waals surface area (Å²) in [5.74, 6) is -0.414. The van der Waals surface area contributed by atoms with Gasteiger partial charge in [0.2, 0.25) is 0 Å². The first-order valence-corrected chi connectivity index (χ1v) is 6.31. The molecule has 20 heavy (non-hydrogen) atoms. The summed E-state index contributed by atoms with van der Waals surface area (Å²) in [4.78, 5) is 12.0. The lowest BCUT2D eigenvalue weighted by Crippen LogP contribution is -2.26. The van der Waals surface area contributed by atoms with Crippen molar-refractivity contribution in [3.05, 3.63) is 65.5 Å². The summed E-state index contributed by atoms with van der Waals surface area (Å²) in [6, 6.07) is 13.3. The zero-order valence-corrected chi connectivity index (χ0v) is 11.4. The number of ether oxygens (including phenoxy) is 1. The van der Waals surface area contributed by atoms with E-state index in [1.54, 1.807) is 36.4 Å². The van der Waals surface area contributed by atoms with E-state index in [4.69, 9.17) is 4.74 Å². The number of carbonyl (C=O) groups excluding carboxylic acids is 1. The SMILES string of the molecule is COc1cc(C(C)NC(=O)c2ccccc2)ccc1F. The number of halogens is 1. The molecule has 0 aromatic heterocycles. The minimum absolute atomic E-state index is 0.165. The van der Waals surface area contributed by atoms with E-state index < -0.39 is 5.82 Å². The van der Waals surface area contributed by atoms with Crippen LogP contribution in [0.25, 0.3) is 0 Å². The zero-order chi connectivity index (χ0) is 14.5. The van der Waals surface area contributed by atoms with Crippen molar-refractivity contribution >= 4 is 5.91 Å². The molecule has 0 bridgehead atoms. The van der Waals surface area contributed by atoms with Crippen molar-refractivity contribution in [1.82, 2.24) is 5.32 Å². The Hall–Kier alpha value is -2.36. The van der Waals surface area contributed by atoms with Crippen molar-refractivity contribution in [2.45, 2.75) is 13.0 Å². The van der Waals surface area contributed by atoms with E-state index in [-0.39, 0.29) is 17.7 Å². The van der Waals surface area contributed by atoms with Gasteiger partial charge in [0.1, 0.15) is 0 Å². The number of hydrogen-bond acceptors (Lipinski definition) is 2. The third-order valence-electron chi connectivity index (χ3n) is 3.06. The molecule has 0 fully saturated rings. The van der Waals surface area contributed by atoms with Gasteiger partial charge in [-0.15, -0.1) is 0 Å². The number of nitrogens with one attached hydrogen (secondary N) is 1. The Morgan fingerprint density at radius 3 is 2.55 bits per heavy atom. The Balaban J connectivity index is 2.12. The summed E-state index contributed by atoms with van der Waals surface area (Å²) in [6.45, 7) is 1.84. The number of amides is 1. The van der Waals surface area contributed by atoms with E-state index in [0.29, 0.717) is 5.56 Å². The van der Waals surface area contributed by atoms with Crippen LogP contribution in [-0.2, 0) is 0 Å². The molecule has 0 heterocycles. The van der Waals surface area contributed by atoms with Gasteiger partial charge in [0.05, 0.1) is 13.2 Å². The quantitative estimate of drug-likeness (QED) is 0.928. The first-order valence-electron chi connectivity index (χ1n) is 6.31. The van der Waals surface area contributed by atoms with Gasteiger partial charge in [-0.3, -0.25) is 4.79 Å². The molecule has 0 radical (unpaired) electrons. The third kappa shape index (κ3) is 3.15. The van der Waals surface area contributed by atoms with E-state index in [0.717, 1.165) is 5.56 Å². The molecule has 2 aromatic rings. The van der Waals surface area contributed by atoms with Crippen molar-refractivity contribution in [2.75, 3.05) is 7.11 Å². The molecule has 1 atom stereocenters. The van der Waals surface area contributed by atoms with Crippen molar-refractivity contribution in [3.63, 3.8) is 0 Å². The maximum Gasteiger partial charge on any atom is 0.251 e. The maximum atomic E-state index is 13.3. The van der Waals surface area contributed by atoms with Crippen LogP contribution in [0.2, 0.25) is 0 Å². The van der Waals surface area contributed by atoms with Gasteiger partial charge in [-0.05, 0) is 36.8 Å². The average molecular weight is 273 g/mol. The molecule has 2 aromatic carbocycles. The van der Waals surface area contributed by atoms with Crippen LogP contribution in [0, 0.1) is 5.82 Å². The van der Waals surface area contributed by atoms with Gasteiger partial charge in [0.25, 0.3) is 5.91 Å². The smallest absolute Gasteiger partial charge is 0.251 e. The van der Waals surface area contributed by atoms with E-state index in [1.165, 1.54) is 13.2 Å². The van der Waals surface area contributed by atoms with Crippen LogP contribution in [0.5, 0.6) is 5.75 Å². The van der Waals surface area contributed by atoms with Gasteiger partial charge >= 0.3 is 0 Å². The molecule has 1 amide bonds. The van der Waals surface area contributed by atoms with Crippen LogP contribution in [-0.4, -0.2) is 13.0 Å². The summed E-state index contributed by atoms with van der Waals surface area (Å²) in [6.07, 6.45) is 0. The highest BCUT2D eigenvalue weighted by molar-refractivity contribution is 5.94. The number of methoxy groups -OCH3 is 1. The number of hydrogen-bond donors (Lipinski definition) is 1. The number of rotatable bonds is 4. The van der Waals surface area contributed by atoms with Gasteiger partial charge in [0.15, 0.2) is 11.6 Å². The van der Waals surface area contributed by atoms with E-state index in [9.17, 15) is 9.18 Å². The lowest BCUT2D eigenvalue weighted by Gasteiger charge is -2.15. The first kappa shape index (κ1) is 14.1. The average Bonchev–Trinajstić information content (AvgIpc) is 2.48. The summed E-state index contributed by atoms with van der Waals surface area (Å²) in [5, 5.41) is 2.87. The van der Waals surface area contributed by atoms with Gasteiger partial charge in [-0.1, -0.05) is 24.3 Å². The molecule has 0 saturated carbocycles. The number of benzene rings is 2. The van der Waals surface area contributed by atoms with Crippen molar-refractivity contribution < 1.29 is 13.9 Å². The molecule has 104 valence electrons. The largest absolute Gasteiger partial charge is 0.494 e. The van der Waals surface area contributed by atoms with Crippen LogP contribution in [0.15, 0.2) is 48.5 Å². The first-order chi connectivity index (χ1) is 9.61. The monoisotopic (exact) mass is 273 g/mol. The van der Waals surface area contributed by atoms with E-state index >= 15 is 0 Å². The fraction of sp³-hybridized carbons (Fsp3) is 0.188. The fourth-order valence-corrected chi connectivity index (χ4v) is 1.90. The molecular weight excluding hydrogens is 257 g/mol. The molecule has 1 unspecified atom stereocenters. The molecule has 4 heteroatoms. The fourth-order valence-electron chi connectivity index (χ4n) is 1.90.